The molecule has 41 heavy (non-hydrogen) atoms. The van der Waals surface area contributed by atoms with Gasteiger partial charge in [-0.2, -0.15) is 5.10 Å². The number of ether oxygens (including phenoxy) is 2. The van der Waals surface area contributed by atoms with Crippen molar-refractivity contribution >= 4 is 40.6 Å². The SMILES string of the molecule is COc1cccc([C@@H]2CC(c3cccs3)=NN2C(=O)CSc2nnc(CNC(=O)c3cccc(C)c3)n2C)c1OC. The highest BCUT2D eigenvalue weighted by atomic mass is 32.2. The topological polar surface area (TPSA) is 111 Å². The van der Waals surface area contributed by atoms with Crippen molar-refractivity contribution in [3.05, 3.63) is 87.4 Å². The van der Waals surface area contributed by atoms with E-state index < -0.39 is 0 Å². The van der Waals surface area contributed by atoms with Crippen molar-refractivity contribution in [2.75, 3.05) is 20.0 Å². The number of hydrogen-bond acceptors (Lipinski definition) is 9. The average molecular weight is 591 g/mol. The summed E-state index contributed by atoms with van der Waals surface area (Å²) in [5.74, 6) is 1.50. The zero-order valence-electron chi connectivity index (χ0n) is 23.2. The lowest BCUT2D eigenvalue weighted by molar-refractivity contribution is -0.130. The summed E-state index contributed by atoms with van der Waals surface area (Å²) in [6, 6.07) is 16.7. The van der Waals surface area contributed by atoms with Crippen LogP contribution in [-0.4, -0.2) is 57.3 Å². The van der Waals surface area contributed by atoms with Crippen LogP contribution >= 0.6 is 23.1 Å². The van der Waals surface area contributed by atoms with Crippen molar-refractivity contribution in [1.29, 1.82) is 0 Å². The minimum Gasteiger partial charge on any atom is -0.493 e. The van der Waals surface area contributed by atoms with Gasteiger partial charge in [-0.05, 0) is 36.6 Å². The van der Waals surface area contributed by atoms with E-state index in [9.17, 15) is 9.59 Å². The van der Waals surface area contributed by atoms with Crippen LogP contribution in [0.4, 0.5) is 0 Å². The van der Waals surface area contributed by atoms with E-state index in [1.165, 1.54) is 11.8 Å². The predicted octanol–water partition coefficient (Wildman–Crippen LogP) is 4.60. The first kappa shape index (κ1) is 28.4. The van der Waals surface area contributed by atoms with Crippen molar-refractivity contribution in [2.45, 2.75) is 31.1 Å². The molecule has 0 bridgehead atoms. The molecule has 0 saturated carbocycles. The number of para-hydroxylation sites is 1. The number of nitrogens with one attached hydrogen (secondary N) is 1. The highest BCUT2D eigenvalue weighted by Gasteiger charge is 2.36. The summed E-state index contributed by atoms with van der Waals surface area (Å²) < 4.78 is 13.0. The van der Waals surface area contributed by atoms with Gasteiger partial charge in [-0.3, -0.25) is 9.59 Å². The number of hydrogen-bond donors (Lipinski definition) is 1. The Bertz CT molecular complexity index is 1580. The van der Waals surface area contributed by atoms with Gasteiger partial charge in [0.15, 0.2) is 22.5 Å². The largest absolute Gasteiger partial charge is 0.493 e. The van der Waals surface area contributed by atoms with Crippen LogP contribution in [0.15, 0.2) is 70.2 Å². The van der Waals surface area contributed by atoms with E-state index in [1.807, 2.05) is 67.9 Å². The molecule has 12 heteroatoms. The van der Waals surface area contributed by atoms with Crippen LogP contribution in [0, 0.1) is 6.92 Å². The maximum atomic E-state index is 13.6. The first-order valence-corrected chi connectivity index (χ1v) is 14.8. The van der Waals surface area contributed by atoms with Gasteiger partial charge in [0.25, 0.3) is 11.8 Å². The van der Waals surface area contributed by atoms with Crippen LogP contribution in [0.1, 0.15) is 44.6 Å². The van der Waals surface area contributed by atoms with Crippen molar-refractivity contribution in [3.63, 3.8) is 0 Å². The molecule has 1 aliphatic heterocycles. The minimum atomic E-state index is -0.350. The number of amides is 2. The zero-order valence-corrected chi connectivity index (χ0v) is 24.8. The molecule has 4 aromatic rings. The van der Waals surface area contributed by atoms with E-state index in [0.29, 0.717) is 34.5 Å². The molecule has 212 valence electrons. The third-order valence-electron chi connectivity index (χ3n) is 6.70. The Balaban J connectivity index is 1.29. The van der Waals surface area contributed by atoms with E-state index in [4.69, 9.17) is 14.6 Å². The number of methoxy groups -OCH3 is 2. The van der Waals surface area contributed by atoms with Gasteiger partial charge in [-0.15, -0.1) is 21.5 Å². The fourth-order valence-corrected chi connectivity index (χ4v) is 6.12. The maximum Gasteiger partial charge on any atom is 0.253 e. The molecule has 1 atom stereocenters. The molecule has 3 heterocycles. The summed E-state index contributed by atoms with van der Waals surface area (Å²) in [4.78, 5) is 27.2. The minimum absolute atomic E-state index is 0.103. The van der Waals surface area contributed by atoms with Crippen LogP contribution in [0.25, 0.3) is 0 Å². The molecule has 2 aromatic heterocycles. The molecule has 0 fully saturated rings. The fourth-order valence-electron chi connectivity index (χ4n) is 4.61. The first-order valence-electron chi connectivity index (χ1n) is 12.9. The van der Waals surface area contributed by atoms with Gasteiger partial charge in [0, 0.05) is 24.6 Å². The molecule has 0 radical (unpaired) electrons. The van der Waals surface area contributed by atoms with Gasteiger partial charge in [0.05, 0.1) is 43.1 Å². The molecule has 0 aliphatic carbocycles. The van der Waals surface area contributed by atoms with E-state index in [-0.39, 0.29) is 30.2 Å². The second kappa shape index (κ2) is 12.6. The monoisotopic (exact) mass is 590 g/mol. The van der Waals surface area contributed by atoms with Crippen LogP contribution in [0.3, 0.4) is 0 Å². The summed E-state index contributed by atoms with van der Waals surface area (Å²) >= 11 is 2.86. The lowest BCUT2D eigenvalue weighted by Crippen LogP contribution is -2.29. The fraction of sp³-hybridized carbons (Fsp3) is 0.276. The molecule has 0 unspecified atom stereocenters. The Hall–Kier alpha value is -4.16. The Morgan fingerprint density at radius 3 is 2.66 bits per heavy atom. The molecule has 5 rings (SSSR count). The summed E-state index contributed by atoms with van der Waals surface area (Å²) in [6.45, 7) is 2.15. The molecule has 0 spiro atoms. The number of hydrazone groups is 1. The van der Waals surface area contributed by atoms with Gasteiger partial charge in [-0.1, -0.05) is 47.7 Å². The normalized spacial score (nSPS) is 14.6. The number of carbonyl (C=O) groups is 2. The lowest BCUT2D eigenvalue weighted by Gasteiger charge is -2.24. The first-order chi connectivity index (χ1) is 19.9. The highest BCUT2D eigenvalue weighted by molar-refractivity contribution is 7.99. The highest BCUT2D eigenvalue weighted by Crippen LogP contribution is 2.42. The summed E-state index contributed by atoms with van der Waals surface area (Å²) in [5.41, 5.74) is 3.27. The second-order valence-electron chi connectivity index (χ2n) is 9.36. The second-order valence-corrected chi connectivity index (χ2v) is 11.3. The van der Waals surface area contributed by atoms with Gasteiger partial charge >= 0.3 is 0 Å². The Kier molecular flexibility index (Phi) is 8.70. The molecular formula is C29H30N6O4S2. The Labute approximate surface area is 246 Å². The van der Waals surface area contributed by atoms with Crippen molar-refractivity contribution in [2.24, 2.45) is 12.1 Å². The van der Waals surface area contributed by atoms with Crippen molar-refractivity contribution < 1.29 is 19.1 Å². The molecule has 1 aliphatic rings. The zero-order chi connectivity index (χ0) is 28.9. The molecular weight excluding hydrogens is 560 g/mol. The maximum absolute atomic E-state index is 13.6. The van der Waals surface area contributed by atoms with Crippen LogP contribution in [-0.2, 0) is 18.4 Å². The van der Waals surface area contributed by atoms with Crippen molar-refractivity contribution in [1.82, 2.24) is 25.1 Å². The van der Waals surface area contributed by atoms with E-state index >= 15 is 0 Å². The Morgan fingerprint density at radius 2 is 1.93 bits per heavy atom. The third-order valence-corrected chi connectivity index (χ3v) is 8.62. The summed E-state index contributed by atoms with van der Waals surface area (Å²) in [7, 11) is 4.99. The number of carbonyl (C=O) groups excluding carboxylic acids is 2. The molecule has 1 N–H and O–H groups in total. The molecule has 2 amide bonds. The standard InChI is InChI=1S/C29H30N6O4S2/c1-18-8-5-9-19(14-18)28(37)30-16-25-31-32-29(34(25)2)41-17-26(36)35-22(15-21(33-35)24-12-7-13-40-24)20-10-6-11-23(38-3)27(20)39-4/h5-14,22H,15-17H2,1-4H3,(H,30,37)/t22-/m0/s1. The third kappa shape index (κ3) is 6.13. The molecule has 0 saturated heterocycles. The average Bonchev–Trinajstić information content (AvgIpc) is 3.75. The van der Waals surface area contributed by atoms with Gasteiger partial charge < -0.3 is 19.4 Å². The van der Waals surface area contributed by atoms with Crippen molar-refractivity contribution in [3.8, 4) is 11.5 Å². The quantitative estimate of drug-likeness (QED) is 0.269. The van der Waals surface area contributed by atoms with Crippen LogP contribution in [0.5, 0.6) is 11.5 Å². The number of thiophene rings is 1. The smallest absolute Gasteiger partial charge is 0.253 e. The van der Waals surface area contributed by atoms with Gasteiger partial charge in [0.1, 0.15) is 0 Å². The molecule has 2 aromatic carbocycles. The lowest BCUT2D eigenvalue weighted by atomic mass is 9.99. The van der Waals surface area contributed by atoms with Crippen LogP contribution in [0.2, 0.25) is 0 Å². The van der Waals surface area contributed by atoms with Gasteiger partial charge in [-0.25, -0.2) is 5.01 Å². The van der Waals surface area contributed by atoms with Gasteiger partial charge in [0.2, 0.25) is 0 Å². The van der Waals surface area contributed by atoms with E-state index in [1.54, 1.807) is 41.2 Å². The number of nitrogens with zero attached hydrogens (tertiary/aromatic N) is 5. The number of aromatic nitrogens is 3. The van der Waals surface area contributed by atoms with Crippen LogP contribution < -0.4 is 14.8 Å². The number of aryl methyl sites for hydroxylation is 1. The Morgan fingerprint density at radius 1 is 1.10 bits per heavy atom. The predicted molar refractivity (Wildman–Crippen MR) is 159 cm³/mol. The summed E-state index contributed by atoms with van der Waals surface area (Å²) in [6.07, 6.45) is 0.551. The number of thioether (sulfide) groups is 1. The number of benzene rings is 2. The van der Waals surface area contributed by atoms with E-state index in [2.05, 4.69) is 15.5 Å². The molecule has 10 nitrogen and oxygen atoms in total. The summed E-state index contributed by atoms with van der Waals surface area (Å²) in [5, 5.41) is 20.2. The van der Waals surface area contributed by atoms with E-state index in [0.717, 1.165) is 21.7 Å². The number of rotatable bonds is 10.